The Morgan fingerprint density at radius 1 is 1.15 bits per heavy atom. The fraction of sp³-hybridized carbons (Fsp3) is 0.688. The Kier molecular flexibility index (Phi) is 7.31. The first-order valence-corrected chi connectivity index (χ1v) is 7.91. The molecule has 1 aromatic heterocycles. The second kappa shape index (κ2) is 8.48. The van der Waals surface area contributed by atoms with Crippen LogP contribution in [0.25, 0.3) is 0 Å². The van der Waals surface area contributed by atoms with Crippen LogP contribution in [0.2, 0.25) is 5.02 Å². The molecule has 0 atom stereocenters. The van der Waals surface area contributed by atoms with Crippen LogP contribution in [-0.4, -0.2) is 29.5 Å². The Labute approximate surface area is 128 Å². The van der Waals surface area contributed by atoms with E-state index in [1.54, 1.807) is 0 Å². The maximum absolute atomic E-state index is 6.30. The van der Waals surface area contributed by atoms with Gasteiger partial charge in [0.1, 0.15) is 5.82 Å². The van der Waals surface area contributed by atoms with Crippen LogP contribution in [0, 0.1) is 11.8 Å². The minimum absolute atomic E-state index is 0.643. The molecule has 0 unspecified atom stereocenters. The van der Waals surface area contributed by atoms with E-state index in [-0.39, 0.29) is 0 Å². The Balaban J connectivity index is 2.82. The third-order valence-electron chi connectivity index (χ3n) is 2.90. The SMILES string of the molecule is CCNc1ccc(Cl)c(CN(CC(C)C)CC(C)C)n1. The van der Waals surface area contributed by atoms with Gasteiger partial charge in [-0.3, -0.25) is 4.90 Å². The summed E-state index contributed by atoms with van der Waals surface area (Å²) in [7, 11) is 0. The van der Waals surface area contributed by atoms with Crippen molar-refractivity contribution in [3.05, 3.63) is 22.8 Å². The summed E-state index contributed by atoms with van der Waals surface area (Å²) in [6.45, 7) is 14.9. The maximum atomic E-state index is 6.30. The molecule has 4 heteroatoms. The molecule has 0 aliphatic carbocycles. The number of hydrogen-bond acceptors (Lipinski definition) is 3. The molecule has 0 radical (unpaired) electrons. The molecule has 1 aromatic rings. The van der Waals surface area contributed by atoms with Gasteiger partial charge in [0.15, 0.2) is 0 Å². The van der Waals surface area contributed by atoms with Crippen molar-refractivity contribution in [1.29, 1.82) is 0 Å². The van der Waals surface area contributed by atoms with Crippen molar-refractivity contribution < 1.29 is 0 Å². The summed E-state index contributed by atoms with van der Waals surface area (Å²) in [5.74, 6) is 2.19. The monoisotopic (exact) mass is 297 g/mol. The van der Waals surface area contributed by atoms with E-state index in [2.05, 4.69) is 49.8 Å². The molecule has 0 aromatic carbocycles. The van der Waals surface area contributed by atoms with Crippen LogP contribution < -0.4 is 5.32 Å². The molecular weight excluding hydrogens is 270 g/mol. The van der Waals surface area contributed by atoms with Gasteiger partial charge in [-0.1, -0.05) is 39.3 Å². The van der Waals surface area contributed by atoms with E-state index in [1.807, 2.05) is 12.1 Å². The fourth-order valence-electron chi connectivity index (χ4n) is 2.32. The number of rotatable bonds is 8. The first-order chi connectivity index (χ1) is 9.42. The van der Waals surface area contributed by atoms with E-state index in [0.29, 0.717) is 11.8 Å². The molecule has 0 bridgehead atoms. The summed E-state index contributed by atoms with van der Waals surface area (Å²) in [5, 5.41) is 4.00. The molecule has 0 aliphatic heterocycles. The third-order valence-corrected chi connectivity index (χ3v) is 3.24. The molecule has 0 amide bonds. The van der Waals surface area contributed by atoms with Crippen LogP contribution in [0.15, 0.2) is 12.1 Å². The van der Waals surface area contributed by atoms with Crippen LogP contribution in [0.4, 0.5) is 5.82 Å². The van der Waals surface area contributed by atoms with E-state index in [4.69, 9.17) is 11.6 Å². The number of halogens is 1. The van der Waals surface area contributed by atoms with Gasteiger partial charge in [-0.05, 0) is 30.9 Å². The summed E-state index contributed by atoms with van der Waals surface area (Å²) < 4.78 is 0. The van der Waals surface area contributed by atoms with Gasteiger partial charge in [-0.2, -0.15) is 0 Å². The van der Waals surface area contributed by atoms with Crippen LogP contribution in [-0.2, 0) is 6.54 Å². The summed E-state index contributed by atoms with van der Waals surface area (Å²) in [4.78, 5) is 7.08. The number of anilines is 1. The lowest BCUT2D eigenvalue weighted by Crippen LogP contribution is -2.31. The zero-order valence-corrected chi connectivity index (χ0v) is 14.2. The third kappa shape index (κ3) is 6.10. The molecular formula is C16H28ClN3. The van der Waals surface area contributed by atoms with Crippen molar-refractivity contribution in [3.8, 4) is 0 Å². The highest BCUT2D eigenvalue weighted by Crippen LogP contribution is 2.19. The lowest BCUT2D eigenvalue weighted by Gasteiger charge is -2.26. The largest absolute Gasteiger partial charge is 0.370 e. The summed E-state index contributed by atoms with van der Waals surface area (Å²) in [6.07, 6.45) is 0. The molecule has 0 aliphatic rings. The normalized spacial score (nSPS) is 11.7. The topological polar surface area (TPSA) is 28.2 Å². The van der Waals surface area contributed by atoms with Crippen LogP contribution in [0.5, 0.6) is 0 Å². The van der Waals surface area contributed by atoms with Gasteiger partial charge in [0.05, 0.1) is 10.7 Å². The molecule has 3 nitrogen and oxygen atoms in total. The van der Waals surface area contributed by atoms with Gasteiger partial charge in [-0.25, -0.2) is 4.98 Å². The van der Waals surface area contributed by atoms with Gasteiger partial charge in [0.2, 0.25) is 0 Å². The number of aromatic nitrogens is 1. The first kappa shape index (κ1) is 17.3. The molecule has 1 rings (SSSR count). The summed E-state index contributed by atoms with van der Waals surface area (Å²) in [6, 6.07) is 3.87. The van der Waals surface area contributed by atoms with Crippen LogP contribution >= 0.6 is 11.6 Å². The second-order valence-corrected chi connectivity index (χ2v) is 6.54. The average molecular weight is 298 g/mol. The number of pyridine rings is 1. The predicted molar refractivity (Wildman–Crippen MR) is 88.4 cm³/mol. The van der Waals surface area contributed by atoms with Crippen molar-refractivity contribution in [3.63, 3.8) is 0 Å². The summed E-state index contributed by atoms with van der Waals surface area (Å²) >= 11 is 6.30. The maximum Gasteiger partial charge on any atom is 0.126 e. The van der Waals surface area contributed by atoms with Crippen LogP contribution in [0.3, 0.4) is 0 Å². The number of nitrogens with one attached hydrogen (secondary N) is 1. The highest BCUT2D eigenvalue weighted by atomic mass is 35.5. The molecule has 20 heavy (non-hydrogen) atoms. The Morgan fingerprint density at radius 3 is 2.25 bits per heavy atom. The average Bonchev–Trinajstić information content (AvgIpc) is 2.32. The molecule has 0 saturated carbocycles. The lowest BCUT2D eigenvalue weighted by atomic mass is 10.1. The second-order valence-electron chi connectivity index (χ2n) is 6.14. The van der Waals surface area contributed by atoms with Crippen LogP contribution in [0.1, 0.15) is 40.3 Å². The van der Waals surface area contributed by atoms with Gasteiger partial charge in [0, 0.05) is 26.2 Å². The highest BCUT2D eigenvalue weighted by Gasteiger charge is 2.13. The Morgan fingerprint density at radius 2 is 1.75 bits per heavy atom. The van der Waals surface area contributed by atoms with E-state index in [9.17, 15) is 0 Å². The zero-order valence-electron chi connectivity index (χ0n) is 13.4. The van der Waals surface area contributed by atoms with Gasteiger partial charge < -0.3 is 5.32 Å². The van der Waals surface area contributed by atoms with E-state index in [1.165, 1.54) is 0 Å². The van der Waals surface area contributed by atoms with Crippen molar-refractivity contribution >= 4 is 17.4 Å². The molecule has 1 heterocycles. The molecule has 1 N–H and O–H groups in total. The molecule has 0 saturated heterocycles. The smallest absolute Gasteiger partial charge is 0.126 e. The van der Waals surface area contributed by atoms with Gasteiger partial charge >= 0.3 is 0 Å². The van der Waals surface area contributed by atoms with Crippen molar-refractivity contribution in [2.75, 3.05) is 25.0 Å². The molecule has 0 spiro atoms. The van der Waals surface area contributed by atoms with Crippen molar-refractivity contribution in [1.82, 2.24) is 9.88 Å². The van der Waals surface area contributed by atoms with Crippen molar-refractivity contribution in [2.24, 2.45) is 11.8 Å². The molecule has 114 valence electrons. The van der Waals surface area contributed by atoms with Gasteiger partial charge in [-0.15, -0.1) is 0 Å². The minimum atomic E-state index is 0.643. The highest BCUT2D eigenvalue weighted by molar-refractivity contribution is 6.31. The van der Waals surface area contributed by atoms with E-state index >= 15 is 0 Å². The summed E-state index contributed by atoms with van der Waals surface area (Å²) in [5.41, 5.74) is 0.964. The quantitative estimate of drug-likeness (QED) is 0.776. The Bertz CT molecular complexity index is 395. The van der Waals surface area contributed by atoms with Crippen molar-refractivity contribution in [2.45, 2.75) is 41.2 Å². The van der Waals surface area contributed by atoms with E-state index < -0.39 is 0 Å². The van der Waals surface area contributed by atoms with E-state index in [0.717, 1.165) is 42.7 Å². The number of hydrogen-bond donors (Lipinski definition) is 1. The minimum Gasteiger partial charge on any atom is -0.370 e. The predicted octanol–water partition coefficient (Wildman–Crippen LogP) is 4.28. The lowest BCUT2D eigenvalue weighted by molar-refractivity contribution is 0.209. The van der Waals surface area contributed by atoms with Gasteiger partial charge in [0.25, 0.3) is 0 Å². The standard InChI is InChI=1S/C16H28ClN3/c1-6-18-16-8-7-14(17)15(19-16)11-20(9-12(2)3)10-13(4)5/h7-8,12-13H,6,9-11H2,1-5H3,(H,18,19). The molecule has 0 fully saturated rings. The zero-order chi connectivity index (χ0) is 15.1. The first-order valence-electron chi connectivity index (χ1n) is 7.54. The Hall–Kier alpha value is -0.800. The number of nitrogens with zero attached hydrogens (tertiary/aromatic N) is 2. The fourth-order valence-corrected chi connectivity index (χ4v) is 2.49.